The van der Waals surface area contributed by atoms with Crippen molar-refractivity contribution in [2.45, 2.75) is 37.6 Å². The summed E-state index contributed by atoms with van der Waals surface area (Å²) in [6.07, 6.45) is -4.99. The molecular formula is C7H12F3NO. The number of ether oxygens (including phenoxy) is 1. The average molecular weight is 183 g/mol. The molecule has 1 fully saturated rings. The molecule has 0 saturated carbocycles. The summed E-state index contributed by atoms with van der Waals surface area (Å²) in [5.41, 5.74) is 3.18. The van der Waals surface area contributed by atoms with E-state index in [1.165, 1.54) is 0 Å². The summed E-state index contributed by atoms with van der Waals surface area (Å²) in [6.45, 7) is 1.70. The number of halogens is 3. The summed E-state index contributed by atoms with van der Waals surface area (Å²) >= 11 is 0. The van der Waals surface area contributed by atoms with Crippen molar-refractivity contribution in [1.29, 1.82) is 0 Å². The molecule has 2 nitrogen and oxygen atoms in total. The molecule has 1 aliphatic heterocycles. The Morgan fingerprint density at radius 1 is 1.50 bits per heavy atom. The molecule has 0 spiro atoms. The van der Waals surface area contributed by atoms with Crippen LogP contribution in [0.25, 0.3) is 0 Å². The molecule has 2 atom stereocenters. The molecule has 1 saturated heterocycles. The molecule has 2 N–H and O–H groups in total. The van der Waals surface area contributed by atoms with E-state index in [0.717, 1.165) is 0 Å². The van der Waals surface area contributed by atoms with Crippen LogP contribution in [0.1, 0.15) is 19.8 Å². The minimum absolute atomic E-state index is 0.0944. The first-order valence-corrected chi connectivity index (χ1v) is 3.82. The summed E-state index contributed by atoms with van der Waals surface area (Å²) in [4.78, 5) is 0. The number of hydrogen-bond acceptors (Lipinski definition) is 2. The van der Waals surface area contributed by atoms with Crippen LogP contribution in [0, 0.1) is 0 Å². The maximum Gasteiger partial charge on any atom is 0.406 e. The summed E-state index contributed by atoms with van der Waals surface area (Å²) in [5.74, 6) is 0. The Morgan fingerprint density at radius 2 is 2.08 bits per heavy atom. The SMILES string of the molecule is CC1CC(N)(C(F)(F)F)CCO1. The van der Waals surface area contributed by atoms with E-state index in [9.17, 15) is 13.2 Å². The van der Waals surface area contributed by atoms with Crippen molar-refractivity contribution in [2.75, 3.05) is 6.61 Å². The van der Waals surface area contributed by atoms with E-state index in [1.807, 2.05) is 0 Å². The predicted octanol–water partition coefficient (Wildman–Crippen LogP) is 1.45. The molecule has 5 heteroatoms. The van der Waals surface area contributed by atoms with Crippen LogP contribution in [0.15, 0.2) is 0 Å². The molecule has 0 aromatic heterocycles. The highest BCUT2D eigenvalue weighted by Gasteiger charge is 2.53. The van der Waals surface area contributed by atoms with E-state index in [1.54, 1.807) is 6.92 Å². The Kier molecular flexibility index (Phi) is 2.35. The van der Waals surface area contributed by atoms with Crippen LogP contribution in [-0.2, 0) is 4.74 Å². The van der Waals surface area contributed by atoms with Crippen molar-refractivity contribution in [3.05, 3.63) is 0 Å². The molecule has 72 valence electrons. The highest BCUT2D eigenvalue weighted by molar-refractivity contribution is 4.95. The third kappa shape index (κ3) is 1.72. The van der Waals surface area contributed by atoms with Crippen molar-refractivity contribution >= 4 is 0 Å². The van der Waals surface area contributed by atoms with Crippen LogP contribution >= 0.6 is 0 Å². The van der Waals surface area contributed by atoms with Crippen molar-refractivity contribution in [3.8, 4) is 0 Å². The molecule has 12 heavy (non-hydrogen) atoms. The minimum atomic E-state index is -4.31. The largest absolute Gasteiger partial charge is 0.406 e. The second-order valence-corrected chi connectivity index (χ2v) is 3.29. The van der Waals surface area contributed by atoms with Gasteiger partial charge in [0.15, 0.2) is 0 Å². The van der Waals surface area contributed by atoms with Crippen LogP contribution < -0.4 is 5.73 Å². The van der Waals surface area contributed by atoms with Gasteiger partial charge in [0.05, 0.1) is 6.10 Å². The molecule has 0 radical (unpaired) electrons. The topological polar surface area (TPSA) is 35.2 Å². The standard InChI is InChI=1S/C7H12F3NO/c1-5-4-6(11,2-3-12-5)7(8,9)10/h5H,2-4,11H2,1H3. The van der Waals surface area contributed by atoms with Crippen LogP contribution in [-0.4, -0.2) is 24.4 Å². The monoisotopic (exact) mass is 183 g/mol. The van der Waals surface area contributed by atoms with E-state index < -0.39 is 17.8 Å². The first-order chi connectivity index (χ1) is 5.35. The normalized spacial score (nSPS) is 38.2. The van der Waals surface area contributed by atoms with Gasteiger partial charge in [0, 0.05) is 13.0 Å². The highest BCUT2D eigenvalue weighted by Crippen LogP contribution is 2.37. The Bertz CT molecular complexity index is 171. The van der Waals surface area contributed by atoms with E-state index >= 15 is 0 Å². The molecule has 0 aromatic rings. The lowest BCUT2D eigenvalue weighted by atomic mass is 9.87. The zero-order valence-corrected chi connectivity index (χ0v) is 6.82. The van der Waals surface area contributed by atoms with Crippen LogP contribution in [0.2, 0.25) is 0 Å². The van der Waals surface area contributed by atoms with Gasteiger partial charge in [0.25, 0.3) is 0 Å². The molecule has 0 bridgehead atoms. The lowest BCUT2D eigenvalue weighted by molar-refractivity contribution is -0.212. The van der Waals surface area contributed by atoms with Crippen LogP contribution in [0.5, 0.6) is 0 Å². The molecule has 0 aliphatic carbocycles. The van der Waals surface area contributed by atoms with E-state index in [2.05, 4.69) is 0 Å². The van der Waals surface area contributed by atoms with Gasteiger partial charge < -0.3 is 10.5 Å². The van der Waals surface area contributed by atoms with Gasteiger partial charge in [-0.1, -0.05) is 0 Å². The van der Waals surface area contributed by atoms with Gasteiger partial charge in [0.2, 0.25) is 0 Å². The molecule has 1 heterocycles. The van der Waals surface area contributed by atoms with Gasteiger partial charge >= 0.3 is 6.18 Å². The van der Waals surface area contributed by atoms with Gasteiger partial charge in [-0.05, 0) is 13.3 Å². The van der Waals surface area contributed by atoms with Gasteiger partial charge in [-0.25, -0.2) is 0 Å². The van der Waals surface area contributed by atoms with Crippen molar-refractivity contribution in [1.82, 2.24) is 0 Å². The summed E-state index contributed by atoms with van der Waals surface area (Å²) < 4.78 is 41.9. The zero-order valence-electron chi connectivity index (χ0n) is 6.82. The zero-order chi connectivity index (χ0) is 9.41. The lowest BCUT2D eigenvalue weighted by Gasteiger charge is -2.37. The Labute approximate surface area is 68.9 Å². The first-order valence-electron chi connectivity index (χ1n) is 3.82. The minimum Gasteiger partial charge on any atom is -0.378 e. The fourth-order valence-corrected chi connectivity index (χ4v) is 1.37. The lowest BCUT2D eigenvalue weighted by Crippen LogP contribution is -2.58. The van der Waals surface area contributed by atoms with Crippen LogP contribution in [0.3, 0.4) is 0 Å². The van der Waals surface area contributed by atoms with Gasteiger partial charge in [-0.3, -0.25) is 0 Å². The molecule has 1 aliphatic rings. The number of nitrogens with two attached hydrogens (primary N) is 1. The van der Waals surface area contributed by atoms with Gasteiger partial charge in [0.1, 0.15) is 5.54 Å². The third-order valence-electron chi connectivity index (χ3n) is 2.17. The predicted molar refractivity (Wildman–Crippen MR) is 37.6 cm³/mol. The second-order valence-electron chi connectivity index (χ2n) is 3.29. The molecule has 2 unspecified atom stereocenters. The molecule has 0 amide bonds. The van der Waals surface area contributed by atoms with Crippen molar-refractivity contribution < 1.29 is 17.9 Å². The Hall–Kier alpha value is -0.290. The van der Waals surface area contributed by atoms with E-state index in [0.29, 0.717) is 0 Å². The average Bonchev–Trinajstić information content (AvgIpc) is 1.83. The molecular weight excluding hydrogens is 171 g/mol. The second kappa shape index (κ2) is 2.88. The number of rotatable bonds is 0. The number of alkyl halides is 3. The summed E-state index contributed by atoms with van der Waals surface area (Å²) in [5, 5.41) is 0. The third-order valence-corrected chi connectivity index (χ3v) is 2.17. The van der Waals surface area contributed by atoms with Crippen molar-refractivity contribution in [3.63, 3.8) is 0 Å². The van der Waals surface area contributed by atoms with Gasteiger partial charge in [-0.15, -0.1) is 0 Å². The van der Waals surface area contributed by atoms with Crippen LogP contribution in [0.4, 0.5) is 13.2 Å². The number of hydrogen-bond donors (Lipinski definition) is 1. The van der Waals surface area contributed by atoms with E-state index in [4.69, 9.17) is 10.5 Å². The summed E-state index contributed by atoms with van der Waals surface area (Å²) in [7, 11) is 0. The Balaban J connectivity index is 2.70. The van der Waals surface area contributed by atoms with Crippen molar-refractivity contribution in [2.24, 2.45) is 5.73 Å². The van der Waals surface area contributed by atoms with Gasteiger partial charge in [-0.2, -0.15) is 13.2 Å². The first kappa shape index (κ1) is 9.80. The van der Waals surface area contributed by atoms with E-state index in [-0.39, 0.29) is 19.4 Å². The maximum atomic E-state index is 12.3. The maximum absolute atomic E-state index is 12.3. The summed E-state index contributed by atoms with van der Waals surface area (Å²) in [6, 6.07) is 0. The fraction of sp³-hybridized carbons (Fsp3) is 1.00. The quantitative estimate of drug-likeness (QED) is 0.616. The molecule has 0 aromatic carbocycles. The Morgan fingerprint density at radius 3 is 2.42 bits per heavy atom. The smallest absolute Gasteiger partial charge is 0.378 e. The highest BCUT2D eigenvalue weighted by atomic mass is 19.4. The fourth-order valence-electron chi connectivity index (χ4n) is 1.37. The molecule has 1 rings (SSSR count).